The number of ether oxygens (including phenoxy) is 1. The van der Waals surface area contributed by atoms with E-state index >= 15 is 0 Å². The van der Waals surface area contributed by atoms with Crippen LogP contribution in [0.1, 0.15) is 28.8 Å². The zero-order chi connectivity index (χ0) is 15.5. The fourth-order valence-electron chi connectivity index (χ4n) is 1.87. The minimum Gasteiger partial charge on any atom is -0.383 e. The molecule has 1 fully saturated rings. The molecular formula is C14H20N2O4S. The second kappa shape index (κ2) is 6.55. The van der Waals surface area contributed by atoms with Crippen molar-refractivity contribution in [2.45, 2.75) is 30.7 Å². The predicted molar refractivity (Wildman–Crippen MR) is 78.7 cm³/mol. The molecule has 0 spiro atoms. The lowest BCUT2D eigenvalue weighted by molar-refractivity contribution is 0.0950. The number of hydrogen-bond donors (Lipinski definition) is 2. The highest BCUT2D eigenvalue weighted by molar-refractivity contribution is 7.89. The largest absolute Gasteiger partial charge is 0.383 e. The number of methoxy groups -OCH3 is 1. The summed E-state index contributed by atoms with van der Waals surface area (Å²) in [7, 11) is -2.13. The van der Waals surface area contributed by atoms with E-state index in [9.17, 15) is 13.2 Å². The van der Waals surface area contributed by atoms with Crippen LogP contribution in [-0.4, -0.2) is 40.6 Å². The van der Waals surface area contributed by atoms with Gasteiger partial charge in [-0.1, -0.05) is 6.07 Å². The van der Waals surface area contributed by atoms with Crippen molar-refractivity contribution in [2.75, 3.05) is 20.3 Å². The van der Waals surface area contributed by atoms with Crippen LogP contribution in [0.4, 0.5) is 0 Å². The lowest BCUT2D eigenvalue weighted by Gasteiger charge is -2.10. The van der Waals surface area contributed by atoms with Gasteiger partial charge in [0.05, 0.1) is 11.5 Å². The number of sulfonamides is 1. The van der Waals surface area contributed by atoms with E-state index in [4.69, 9.17) is 4.74 Å². The van der Waals surface area contributed by atoms with Gasteiger partial charge in [0.1, 0.15) is 0 Å². The quantitative estimate of drug-likeness (QED) is 0.730. The average Bonchev–Trinajstić information content (AvgIpc) is 3.23. The van der Waals surface area contributed by atoms with Gasteiger partial charge in [0.15, 0.2) is 0 Å². The summed E-state index contributed by atoms with van der Waals surface area (Å²) < 4.78 is 31.5. The molecule has 0 aromatic heterocycles. The summed E-state index contributed by atoms with van der Waals surface area (Å²) in [6.45, 7) is 2.27. The number of aryl methyl sites for hydroxylation is 1. The highest BCUT2D eigenvalue weighted by atomic mass is 32.2. The Kier molecular flexibility index (Phi) is 4.97. The summed E-state index contributed by atoms with van der Waals surface area (Å²) in [5.41, 5.74) is 1.15. The van der Waals surface area contributed by atoms with E-state index in [0.29, 0.717) is 12.2 Å². The van der Waals surface area contributed by atoms with Crippen molar-refractivity contribution in [3.63, 3.8) is 0 Å². The van der Waals surface area contributed by atoms with Gasteiger partial charge >= 0.3 is 0 Å². The fourth-order valence-corrected chi connectivity index (χ4v) is 2.90. The number of benzene rings is 1. The SMILES string of the molecule is COCCNS(=O)(=O)c1ccc(C)c(C(=O)NC2CC2)c1. The molecule has 1 aliphatic carbocycles. The van der Waals surface area contributed by atoms with Crippen molar-refractivity contribution < 1.29 is 17.9 Å². The molecule has 0 heterocycles. The number of rotatable bonds is 7. The second-order valence-electron chi connectivity index (χ2n) is 5.12. The number of hydrogen-bond acceptors (Lipinski definition) is 4. The van der Waals surface area contributed by atoms with Crippen molar-refractivity contribution in [2.24, 2.45) is 0 Å². The van der Waals surface area contributed by atoms with Gasteiger partial charge in [0, 0.05) is 25.3 Å². The Hall–Kier alpha value is -1.44. The van der Waals surface area contributed by atoms with Crippen LogP contribution < -0.4 is 10.0 Å². The van der Waals surface area contributed by atoms with Crippen LogP contribution in [0.5, 0.6) is 0 Å². The van der Waals surface area contributed by atoms with Crippen LogP contribution in [0, 0.1) is 6.92 Å². The highest BCUT2D eigenvalue weighted by Gasteiger charge is 2.25. The lowest BCUT2D eigenvalue weighted by Crippen LogP contribution is -2.29. The maximum atomic E-state index is 12.1. The standard InChI is InChI=1S/C14H20N2O4S/c1-10-3-6-12(21(18,19)15-7-8-20-2)9-13(10)14(17)16-11-4-5-11/h3,6,9,11,15H,4-5,7-8H2,1-2H3,(H,16,17). The van der Waals surface area contributed by atoms with E-state index in [1.54, 1.807) is 13.0 Å². The third-order valence-electron chi connectivity index (χ3n) is 3.27. The van der Waals surface area contributed by atoms with Crippen LogP contribution in [0.25, 0.3) is 0 Å². The Morgan fingerprint density at radius 1 is 1.38 bits per heavy atom. The van der Waals surface area contributed by atoms with Crippen LogP contribution in [0.15, 0.2) is 23.1 Å². The fraction of sp³-hybridized carbons (Fsp3) is 0.500. The molecule has 2 rings (SSSR count). The van der Waals surface area contributed by atoms with E-state index in [-0.39, 0.29) is 23.4 Å². The van der Waals surface area contributed by atoms with E-state index in [0.717, 1.165) is 18.4 Å². The van der Waals surface area contributed by atoms with E-state index < -0.39 is 10.0 Å². The minimum atomic E-state index is -3.63. The molecule has 0 atom stereocenters. The topological polar surface area (TPSA) is 84.5 Å². The van der Waals surface area contributed by atoms with Gasteiger partial charge in [0.2, 0.25) is 10.0 Å². The summed E-state index contributed by atoms with van der Waals surface area (Å²) in [5.74, 6) is -0.219. The number of carbonyl (C=O) groups is 1. The van der Waals surface area contributed by atoms with Gasteiger partial charge in [0.25, 0.3) is 5.91 Å². The smallest absolute Gasteiger partial charge is 0.251 e. The van der Waals surface area contributed by atoms with Gasteiger partial charge in [-0.3, -0.25) is 4.79 Å². The number of nitrogens with one attached hydrogen (secondary N) is 2. The van der Waals surface area contributed by atoms with Gasteiger partial charge in [-0.05, 0) is 37.5 Å². The van der Waals surface area contributed by atoms with Gasteiger partial charge in [-0.25, -0.2) is 13.1 Å². The molecule has 1 amide bonds. The molecule has 21 heavy (non-hydrogen) atoms. The molecule has 0 aliphatic heterocycles. The third kappa shape index (κ3) is 4.26. The molecule has 6 nitrogen and oxygen atoms in total. The molecule has 1 aromatic rings. The van der Waals surface area contributed by atoms with Crippen molar-refractivity contribution >= 4 is 15.9 Å². The Morgan fingerprint density at radius 2 is 2.10 bits per heavy atom. The maximum Gasteiger partial charge on any atom is 0.251 e. The van der Waals surface area contributed by atoms with E-state index in [1.165, 1.54) is 19.2 Å². The third-order valence-corrected chi connectivity index (χ3v) is 4.73. The normalized spacial score (nSPS) is 15.0. The monoisotopic (exact) mass is 312 g/mol. The Balaban J connectivity index is 2.18. The summed E-state index contributed by atoms with van der Waals surface area (Å²) in [6, 6.07) is 4.80. The zero-order valence-corrected chi connectivity index (χ0v) is 13.0. The van der Waals surface area contributed by atoms with Gasteiger partial charge in [-0.15, -0.1) is 0 Å². The number of carbonyl (C=O) groups excluding carboxylic acids is 1. The molecule has 0 bridgehead atoms. The Labute approximate surface area is 124 Å². The first-order chi connectivity index (χ1) is 9.94. The first-order valence-corrected chi connectivity index (χ1v) is 8.32. The molecule has 116 valence electrons. The van der Waals surface area contributed by atoms with Crippen molar-refractivity contribution in [3.8, 4) is 0 Å². The van der Waals surface area contributed by atoms with E-state index in [1.807, 2.05) is 0 Å². The summed E-state index contributed by atoms with van der Waals surface area (Å²) in [4.78, 5) is 12.2. The van der Waals surface area contributed by atoms with Crippen LogP contribution in [-0.2, 0) is 14.8 Å². The minimum absolute atomic E-state index is 0.0881. The summed E-state index contributed by atoms with van der Waals surface area (Å²) in [5, 5.41) is 2.87. The molecule has 0 radical (unpaired) electrons. The summed E-state index contributed by atoms with van der Waals surface area (Å²) >= 11 is 0. The molecule has 7 heteroatoms. The van der Waals surface area contributed by atoms with Crippen molar-refractivity contribution in [1.29, 1.82) is 0 Å². The van der Waals surface area contributed by atoms with Crippen LogP contribution in [0.3, 0.4) is 0 Å². The summed E-state index contributed by atoms with van der Waals surface area (Å²) in [6.07, 6.45) is 1.97. The molecule has 2 N–H and O–H groups in total. The van der Waals surface area contributed by atoms with Gasteiger partial charge in [-0.2, -0.15) is 0 Å². The number of amides is 1. The maximum absolute atomic E-state index is 12.1. The molecular weight excluding hydrogens is 292 g/mol. The first kappa shape index (κ1) is 15.9. The van der Waals surface area contributed by atoms with Crippen molar-refractivity contribution in [1.82, 2.24) is 10.0 Å². The lowest BCUT2D eigenvalue weighted by atomic mass is 10.1. The molecule has 0 unspecified atom stereocenters. The van der Waals surface area contributed by atoms with Crippen LogP contribution >= 0.6 is 0 Å². The predicted octanol–water partition coefficient (Wildman–Crippen LogP) is 0.812. The second-order valence-corrected chi connectivity index (χ2v) is 6.88. The molecule has 1 saturated carbocycles. The highest BCUT2D eigenvalue weighted by Crippen LogP contribution is 2.21. The van der Waals surface area contributed by atoms with Gasteiger partial charge < -0.3 is 10.1 Å². The average molecular weight is 312 g/mol. The Bertz CT molecular complexity index is 624. The van der Waals surface area contributed by atoms with E-state index in [2.05, 4.69) is 10.0 Å². The molecule has 1 aromatic carbocycles. The molecule has 1 aliphatic rings. The zero-order valence-electron chi connectivity index (χ0n) is 12.2. The molecule has 0 saturated heterocycles. The van der Waals surface area contributed by atoms with Crippen molar-refractivity contribution in [3.05, 3.63) is 29.3 Å². The Morgan fingerprint density at radius 3 is 2.71 bits per heavy atom. The first-order valence-electron chi connectivity index (χ1n) is 6.84. The van der Waals surface area contributed by atoms with Crippen LogP contribution in [0.2, 0.25) is 0 Å².